The molecule has 4 aromatic rings. The van der Waals surface area contributed by atoms with Crippen molar-refractivity contribution in [1.29, 1.82) is 0 Å². The number of aryl methyl sites for hydroxylation is 2. The smallest absolute Gasteiger partial charge is 0.243 e. The Morgan fingerprint density at radius 1 is 1.00 bits per heavy atom. The Morgan fingerprint density at radius 3 is 2.38 bits per heavy atom. The molecular weight excluding hydrogens is 448 g/mol. The SMILES string of the molecule is Cc1ccc(NC2CCN(S(=O)(=O)c3ccc(-c4ccc5c(c4)c(N)nn5C)cc3)CC2)nc1. The van der Waals surface area contributed by atoms with Crippen molar-refractivity contribution in [3.63, 3.8) is 0 Å². The number of sulfonamides is 1. The number of hydrogen-bond acceptors (Lipinski definition) is 6. The molecule has 1 aliphatic heterocycles. The summed E-state index contributed by atoms with van der Waals surface area (Å²) in [5, 5.41) is 8.56. The van der Waals surface area contributed by atoms with E-state index in [0.717, 1.165) is 46.3 Å². The summed E-state index contributed by atoms with van der Waals surface area (Å²) in [7, 11) is -1.69. The number of hydrogen-bond donors (Lipinski definition) is 2. The molecule has 1 aliphatic rings. The first-order valence-corrected chi connectivity index (χ1v) is 12.8. The zero-order valence-corrected chi connectivity index (χ0v) is 20.1. The predicted octanol–water partition coefficient (Wildman–Crippen LogP) is 3.79. The van der Waals surface area contributed by atoms with Crippen LogP contribution in [0.5, 0.6) is 0 Å². The first-order valence-electron chi connectivity index (χ1n) is 11.3. The van der Waals surface area contributed by atoms with Crippen LogP contribution in [-0.2, 0) is 17.1 Å². The summed E-state index contributed by atoms with van der Waals surface area (Å²) >= 11 is 0. The van der Waals surface area contributed by atoms with Crippen LogP contribution in [0.25, 0.3) is 22.0 Å². The summed E-state index contributed by atoms with van der Waals surface area (Å²) in [6, 6.07) is 17.2. The minimum absolute atomic E-state index is 0.207. The van der Waals surface area contributed by atoms with Gasteiger partial charge in [-0.3, -0.25) is 4.68 Å². The van der Waals surface area contributed by atoms with Crippen molar-refractivity contribution in [2.75, 3.05) is 24.1 Å². The fraction of sp³-hybridized carbons (Fsp3) is 0.280. The van der Waals surface area contributed by atoms with E-state index in [1.54, 1.807) is 21.1 Å². The van der Waals surface area contributed by atoms with Crippen molar-refractivity contribution in [2.45, 2.75) is 30.7 Å². The minimum atomic E-state index is -3.54. The molecule has 2 aromatic heterocycles. The number of piperidine rings is 1. The van der Waals surface area contributed by atoms with E-state index in [-0.39, 0.29) is 6.04 Å². The summed E-state index contributed by atoms with van der Waals surface area (Å²) < 4.78 is 29.8. The standard InChI is InChI=1S/C25H28N6O2S/c1-17-3-10-24(27-16-17)28-20-11-13-31(14-12-20)34(32,33)21-7-4-18(5-8-21)19-6-9-23-22(15-19)25(26)29-30(23)2/h3-10,15-16,20H,11-14H2,1-2H3,(H2,26,29)(H,27,28). The Hall–Kier alpha value is -3.43. The topological polar surface area (TPSA) is 106 Å². The fourth-order valence-electron chi connectivity index (χ4n) is 4.44. The maximum Gasteiger partial charge on any atom is 0.243 e. The average Bonchev–Trinajstić information content (AvgIpc) is 3.14. The van der Waals surface area contributed by atoms with E-state index in [1.165, 1.54) is 0 Å². The molecule has 0 aliphatic carbocycles. The number of pyridine rings is 1. The highest BCUT2D eigenvalue weighted by molar-refractivity contribution is 7.89. The largest absolute Gasteiger partial charge is 0.382 e. The molecule has 5 rings (SSSR count). The molecule has 8 nitrogen and oxygen atoms in total. The van der Waals surface area contributed by atoms with E-state index in [0.29, 0.717) is 23.8 Å². The van der Waals surface area contributed by atoms with Gasteiger partial charge in [-0.2, -0.15) is 9.40 Å². The first-order chi connectivity index (χ1) is 16.3. The number of nitrogens with two attached hydrogens (primary N) is 1. The van der Waals surface area contributed by atoms with Gasteiger partial charge in [-0.25, -0.2) is 13.4 Å². The van der Waals surface area contributed by atoms with Crippen LogP contribution in [0.4, 0.5) is 11.6 Å². The molecule has 0 unspecified atom stereocenters. The van der Waals surface area contributed by atoms with Crippen molar-refractivity contribution < 1.29 is 8.42 Å². The average molecular weight is 477 g/mol. The van der Waals surface area contributed by atoms with Gasteiger partial charge in [0.25, 0.3) is 0 Å². The normalized spacial score (nSPS) is 15.6. The third kappa shape index (κ3) is 4.24. The van der Waals surface area contributed by atoms with E-state index in [2.05, 4.69) is 15.4 Å². The molecule has 3 N–H and O–H groups in total. The van der Waals surface area contributed by atoms with Crippen molar-refractivity contribution in [3.05, 3.63) is 66.4 Å². The van der Waals surface area contributed by atoms with Gasteiger partial charge in [0.2, 0.25) is 10.0 Å². The zero-order valence-electron chi connectivity index (χ0n) is 19.3. The number of anilines is 2. The highest BCUT2D eigenvalue weighted by Crippen LogP contribution is 2.29. The van der Waals surface area contributed by atoms with E-state index in [4.69, 9.17) is 5.73 Å². The van der Waals surface area contributed by atoms with Crippen LogP contribution < -0.4 is 11.1 Å². The molecule has 1 fully saturated rings. The van der Waals surface area contributed by atoms with Crippen LogP contribution in [-0.4, -0.2) is 46.6 Å². The molecule has 0 amide bonds. The molecule has 176 valence electrons. The third-order valence-electron chi connectivity index (χ3n) is 6.42. The number of nitrogens with zero attached hydrogens (tertiary/aromatic N) is 4. The van der Waals surface area contributed by atoms with Crippen molar-refractivity contribution >= 4 is 32.6 Å². The van der Waals surface area contributed by atoms with Crippen LogP contribution >= 0.6 is 0 Å². The maximum absolute atomic E-state index is 13.2. The van der Waals surface area contributed by atoms with Gasteiger partial charge in [-0.15, -0.1) is 0 Å². The zero-order chi connectivity index (χ0) is 23.9. The second-order valence-electron chi connectivity index (χ2n) is 8.81. The van der Waals surface area contributed by atoms with Gasteiger partial charge < -0.3 is 11.1 Å². The Kier molecular flexibility index (Phi) is 5.75. The fourth-order valence-corrected chi connectivity index (χ4v) is 5.91. The van der Waals surface area contributed by atoms with Gasteiger partial charge in [-0.05, 0) is 66.8 Å². The van der Waals surface area contributed by atoms with Crippen LogP contribution in [0.1, 0.15) is 18.4 Å². The lowest BCUT2D eigenvalue weighted by molar-refractivity contribution is 0.329. The second-order valence-corrected chi connectivity index (χ2v) is 10.7. The summed E-state index contributed by atoms with van der Waals surface area (Å²) in [6.07, 6.45) is 3.30. The molecule has 0 atom stereocenters. The summed E-state index contributed by atoms with van der Waals surface area (Å²) in [6.45, 7) is 2.96. The monoisotopic (exact) mass is 476 g/mol. The van der Waals surface area contributed by atoms with Crippen molar-refractivity contribution in [1.82, 2.24) is 19.1 Å². The summed E-state index contributed by atoms with van der Waals surface area (Å²) in [4.78, 5) is 4.70. The Bertz CT molecular complexity index is 1420. The molecule has 34 heavy (non-hydrogen) atoms. The Morgan fingerprint density at radius 2 is 1.71 bits per heavy atom. The van der Waals surface area contributed by atoms with Gasteiger partial charge in [0, 0.05) is 37.8 Å². The molecule has 9 heteroatoms. The van der Waals surface area contributed by atoms with Gasteiger partial charge >= 0.3 is 0 Å². The summed E-state index contributed by atoms with van der Waals surface area (Å²) in [5.74, 6) is 1.31. The predicted molar refractivity (Wildman–Crippen MR) is 135 cm³/mol. The number of aromatic nitrogens is 3. The molecule has 3 heterocycles. The lowest BCUT2D eigenvalue weighted by Gasteiger charge is -2.32. The van der Waals surface area contributed by atoms with Gasteiger partial charge in [0.1, 0.15) is 5.82 Å². The number of nitrogen functional groups attached to an aromatic ring is 1. The number of nitrogens with one attached hydrogen (secondary N) is 1. The lowest BCUT2D eigenvalue weighted by Crippen LogP contribution is -2.42. The van der Waals surface area contributed by atoms with Crippen molar-refractivity contribution in [3.8, 4) is 11.1 Å². The third-order valence-corrected chi connectivity index (χ3v) is 8.33. The van der Waals surface area contributed by atoms with Gasteiger partial charge in [-0.1, -0.05) is 24.3 Å². The molecular formula is C25H28N6O2S. The molecule has 2 aromatic carbocycles. The number of rotatable bonds is 5. The van der Waals surface area contributed by atoms with Crippen LogP contribution in [0.3, 0.4) is 0 Å². The van der Waals surface area contributed by atoms with E-state index >= 15 is 0 Å². The van der Waals surface area contributed by atoms with Crippen LogP contribution in [0, 0.1) is 6.92 Å². The first kappa shape index (κ1) is 22.4. The lowest BCUT2D eigenvalue weighted by atomic mass is 10.0. The number of fused-ring (bicyclic) bond motifs is 1. The molecule has 0 saturated carbocycles. The van der Waals surface area contributed by atoms with E-state index in [1.807, 2.05) is 62.6 Å². The molecule has 0 spiro atoms. The van der Waals surface area contributed by atoms with Crippen molar-refractivity contribution in [2.24, 2.45) is 7.05 Å². The molecule has 1 saturated heterocycles. The minimum Gasteiger partial charge on any atom is -0.382 e. The van der Waals surface area contributed by atoms with E-state index < -0.39 is 10.0 Å². The van der Waals surface area contributed by atoms with Crippen LogP contribution in [0.2, 0.25) is 0 Å². The molecule has 0 radical (unpaired) electrons. The van der Waals surface area contributed by atoms with Gasteiger partial charge in [0.15, 0.2) is 5.82 Å². The number of benzene rings is 2. The quantitative estimate of drug-likeness (QED) is 0.454. The maximum atomic E-state index is 13.2. The Balaban J connectivity index is 1.27. The second kappa shape index (κ2) is 8.73. The van der Waals surface area contributed by atoms with Gasteiger partial charge in [0.05, 0.1) is 10.4 Å². The van der Waals surface area contributed by atoms with Crippen LogP contribution in [0.15, 0.2) is 65.7 Å². The highest BCUT2D eigenvalue weighted by atomic mass is 32.2. The highest BCUT2D eigenvalue weighted by Gasteiger charge is 2.29. The Labute approximate surface area is 199 Å². The molecule has 0 bridgehead atoms. The summed E-state index contributed by atoms with van der Waals surface area (Å²) in [5.41, 5.74) is 9.98. The van der Waals surface area contributed by atoms with E-state index in [9.17, 15) is 8.42 Å².